The van der Waals surface area contributed by atoms with E-state index in [9.17, 15) is 5.11 Å². The Balaban J connectivity index is 2.06. The van der Waals surface area contributed by atoms with Gasteiger partial charge >= 0.3 is 0 Å². The van der Waals surface area contributed by atoms with Gasteiger partial charge in [-0.3, -0.25) is 0 Å². The van der Waals surface area contributed by atoms with Gasteiger partial charge in [-0.15, -0.1) is 11.3 Å². The van der Waals surface area contributed by atoms with Gasteiger partial charge in [-0.2, -0.15) is 0 Å². The Bertz CT molecular complexity index is 349. The first-order chi connectivity index (χ1) is 8.11. The lowest BCUT2D eigenvalue weighted by Gasteiger charge is -2.31. The second-order valence-electron chi connectivity index (χ2n) is 5.53. The SMILES string of the molecule is CCC1CCCC(C(O)c2cc(C)c(C)s2)C1. The fourth-order valence-electron chi connectivity index (χ4n) is 2.97. The van der Waals surface area contributed by atoms with E-state index in [1.165, 1.54) is 47.4 Å². The Morgan fingerprint density at radius 1 is 1.41 bits per heavy atom. The second-order valence-corrected chi connectivity index (χ2v) is 6.82. The average molecular weight is 252 g/mol. The first kappa shape index (κ1) is 13.1. The highest BCUT2D eigenvalue weighted by atomic mass is 32.1. The molecule has 1 aliphatic carbocycles. The number of aliphatic hydroxyl groups is 1. The van der Waals surface area contributed by atoms with Crippen molar-refractivity contribution in [2.45, 2.75) is 59.0 Å². The van der Waals surface area contributed by atoms with Gasteiger partial charge in [0.25, 0.3) is 0 Å². The zero-order chi connectivity index (χ0) is 12.4. The number of rotatable bonds is 3. The van der Waals surface area contributed by atoms with Crippen LogP contribution < -0.4 is 0 Å². The molecule has 1 heterocycles. The zero-order valence-electron chi connectivity index (χ0n) is 11.2. The molecule has 2 heteroatoms. The summed E-state index contributed by atoms with van der Waals surface area (Å²) >= 11 is 1.77. The van der Waals surface area contributed by atoms with Crippen molar-refractivity contribution in [1.29, 1.82) is 0 Å². The van der Waals surface area contributed by atoms with Crippen molar-refractivity contribution in [3.8, 4) is 0 Å². The molecular formula is C15H24OS. The molecule has 96 valence electrons. The van der Waals surface area contributed by atoms with Crippen molar-refractivity contribution in [1.82, 2.24) is 0 Å². The van der Waals surface area contributed by atoms with Gasteiger partial charge in [-0.05, 0) is 50.2 Å². The topological polar surface area (TPSA) is 20.2 Å². The van der Waals surface area contributed by atoms with Crippen molar-refractivity contribution >= 4 is 11.3 Å². The van der Waals surface area contributed by atoms with Crippen molar-refractivity contribution in [3.63, 3.8) is 0 Å². The number of hydrogen-bond acceptors (Lipinski definition) is 2. The Labute approximate surface area is 109 Å². The largest absolute Gasteiger partial charge is 0.387 e. The smallest absolute Gasteiger partial charge is 0.0910 e. The molecule has 2 rings (SSSR count). The summed E-state index contributed by atoms with van der Waals surface area (Å²) in [4.78, 5) is 2.53. The first-order valence-electron chi connectivity index (χ1n) is 6.86. The Morgan fingerprint density at radius 2 is 2.18 bits per heavy atom. The van der Waals surface area contributed by atoms with Crippen LogP contribution in [0.15, 0.2) is 6.07 Å². The van der Waals surface area contributed by atoms with E-state index in [0.29, 0.717) is 5.92 Å². The number of thiophene rings is 1. The fourth-order valence-corrected chi connectivity index (χ4v) is 4.09. The molecule has 3 atom stereocenters. The molecule has 17 heavy (non-hydrogen) atoms. The van der Waals surface area contributed by atoms with E-state index in [2.05, 4.69) is 26.8 Å². The van der Waals surface area contributed by atoms with Crippen LogP contribution in [-0.4, -0.2) is 5.11 Å². The molecule has 0 amide bonds. The predicted octanol–water partition coefficient (Wildman–Crippen LogP) is 4.61. The van der Waals surface area contributed by atoms with E-state index >= 15 is 0 Å². The molecule has 0 bridgehead atoms. The Morgan fingerprint density at radius 3 is 2.76 bits per heavy atom. The number of aliphatic hydroxyl groups excluding tert-OH is 1. The molecule has 1 aromatic heterocycles. The summed E-state index contributed by atoms with van der Waals surface area (Å²) in [5, 5.41) is 10.5. The maximum atomic E-state index is 10.5. The van der Waals surface area contributed by atoms with Crippen molar-refractivity contribution in [3.05, 3.63) is 21.4 Å². The Hall–Kier alpha value is -0.340. The summed E-state index contributed by atoms with van der Waals surface area (Å²) in [5.74, 6) is 1.33. The highest BCUT2D eigenvalue weighted by Gasteiger charge is 2.28. The van der Waals surface area contributed by atoms with Gasteiger partial charge < -0.3 is 5.11 Å². The summed E-state index contributed by atoms with van der Waals surface area (Å²) in [5.41, 5.74) is 1.33. The summed E-state index contributed by atoms with van der Waals surface area (Å²) in [6.45, 7) is 6.56. The van der Waals surface area contributed by atoms with Crippen LogP contribution in [0, 0.1) is 25.7 Å². The van der Waals surface area contributed by atoms with E-state index in [0.717, 1.165) is 5.92 Å². The van der Waals surface area contributed by atoms with Gasteiger partial charge in [0.05, 0.1) is 6.10 Å². The van der Waals surface area contributed by atoms with Gasteiger partial charge in [0.15, 0.2) is 0 Å². The molecule has 0 aliphatic heterocycles. The Kier molecular flexibility index (Phi) is 4.26. The maximum Gasteiger partial charge on any atom is 0.0910 e. The highest BCUT2D eigenvalue weighted by molar-refractivity contribution is 7.12. The van der Waals surface area contributed by atoms with Crippen molar-refractivity contribution in [2.75, 3.05) is 0 Å². The monoisotopic (exact) mass is 252 g/mol. The van der Waals surface area contributed by atoms with Gasteiger partial charge in [-0.1, -0.05) is 26.2 Å². The molecule has 1 N–H and O–H groups in total. The van der Waals surface area contributed by atoms with Crippen LogP contribution in [0.4, 0.5) is 0 Å². The minimum atomic E-state index is -0.221. The standard InChI is InChI=1S/C15H24OS/c1-4-12-6-5-7-13(9-12)15(16)14-8-10(2)11(3)17-14/h8,12-13,15-16H,4-7,9H2,1-3H3. The van der Waals surface area contributed by atoms with Crippen LogP contribution in [0.3, 0.4) is 0 Å². The highest BCUT2D eigenvalue weighted by Crippen LogP contribution is 2.40. The minimum Gasteiger partial charge on any atom is -0.387 e. The van der Waals surface area contributed by atoms with E-state index in [4.69, 9.17) is 0 Å². The van der Waals surface area contributed by atoms with Crippen molar-refractivity contribution < 1.29 is 5.11 Å². The quantitative estimate of drug-likeness (QED) is 0.832. The number of hydrogen-bond donors (Lipinski definition) is 1. The van der Waals surface area contributed by atoms with Gasteiger partial charge in [0.1, 0.15) is 0 Å². The van der Waals surface area contributed by atoms with E-state index in [-0.39, 0.29) is 6.10 Å². The summed E-state index contributed by atoms with van der Waals surface area (Å²) in [6, 6.07) is 2.18. The van der Waals surface area contributed by atoms with Crippen LogP contribution in [-0.2, 0) is 0 Å². The van der Waals surface area contributed by atoms with Crippen molar-refractivity contribution in [2.24, 2.45) is 11.8 Å². The summed E-state index contributed by atoms with van der Waals surface area (Å²) in [7, 11) is 0. The molecule has 0 spiro atoms. The summed E-state index contributed by atoms with van der Waals surface area (Å²) < 4.78 is 0. The molecule has 1 saturated carbocycles. The second kappa shape index (κ2) is 5.53. The molecule has 1 nitrogen and oxygen atoms in total. The van der Waals surface area contributed by atoms with E-state index in [1.807, 2.05) is 0 Å². The molecule has 1 fully saturated rings. The van der Waals surface area contributed by atoms with Crippen LogP contribution in [0.5, 0.6) is 0 Å². The number of aryl methyl sites for hydroxylation is 2. The minimum absolute atomic E-state index is 0.221. The van der Waals surface area contributed by atoms with E-state index in [1.54, 1.807) is 11.3 Å². The van der Waals surface area contributed by atoms with Gasteiger partial charge in [-0.25, -0.2) is 0 Å². The lowest BCUT2D eigenvalue weighted by Crippen LogP contribution is -2.20. The zero-order valence-corrected chi connectivity index (χ0v) is 12.0. The third-order valence-corrected chi connectivity index (χ3v) is 5.55. The summed E-state index contributed by atoms with van der Waals surface area (Å²) in [6.07, 6.45) is 6.13. The molecular weight excluding hydrogens is 228 g/mol. The third kappa shape index (κ3) is 2.92. The van der Waals surface area contributed by atoms with Crippen LogP contribution in [0.2, 0.25) is 0 Å². The fraction of sp³-hybridized carbons (Fsp3) is 0.733. The average Bonchev–Trinajstić information content (AvgIpc) is 2.69. The lowest BCUT2D eigenvalue weighted by atomic mass is 9.77. The lowest BCUT2D eigenvalue weighted by molar-refractivity contribution is 0.0705. The normalized spacial score (nSPS) is 27.1. The molecule has 1 aliphatic rings. The molecule has 0 radical (unpaired) electrons. The van der Waals surface area contributed by atoms with E-state index < -0.39 is 0 Å². The molecule has 0 saturated heterocycles. The molecule has 1 aromatic rings. The van der Waals surface area contributed by atoms with Crippen LogP contribution in [0.1, 0.15) is 60.4 Å². The van der Waals surface area contributed by atoms with Crippen LogP contribution >= 0.6 is 11.3 Å². The van der Waals surface area contributed by atoms with Crippen LogP contribution in [0.25, 0.3) is 0 Å². The van der Waals surface area contributed by atoms with Gasteiger partial charge in [0, 0.05) is 9.75 Å². The molecule has 3 unspecified atom stereocenters. The maximum absolute atomic E-state index is 10.5. The predicted molar refractivity (Wildman–Crippen MR) is 74.5 cm³/mol. The molecule has 0 aromatic carbocycles. The third-order valence-electron chi connectivity index (χ3n) is 4.32. The van der Waals surface area contributed by atoms with Gasteiger partial charge in [0.2, 0.25) is 0 Å². The first-order valence-corrected chi connectivity index (χ1v) is 7.68.